The molecule has 0 unspecified atom stereocenters. The second kappa shape index (κ2) is 8.52. The second-order valence-corrected chi connectivity index (χ2v) is 7.08. The van der Waals surface area contributed by atoms with Crippen molar-refractivity contribution in [1.82, 2.24) is 15.2 Å². The molecular weight excluding hydrogens is 326 g/mol. The number of methoxy groups -OCH3 is 1. The molecule has 5 nitrogen and oxygen atoms in total. The summed E-state index contributed by atoms with van der Waals surface area (Å²) >= 11 is 0. The highest BCUT2D eigenvalue weighted by molar-refractivity contribution is 5.36. The van der Waals surface area contributed by atoms with Gasteiger partial charge >= 0.3 is 0 Å². The molecule has 0 saturated carbocycles. The first-order chi connectivity index (χ1) is 12.6. The molecule has 5 heteroatoms. The Labute approximate surface area is 156 Å². The molecule has 1 N–H and O–H groups in total. The summed E-state index contributed by atoms with van der Waals surface area (Å²) in [7, 11) is 1.67. The third kappa shape index (κ3) is 4.54. The van der Waals surface area contributed by atoms with Crippen molar-refractivity contribution in [3.63, 3.8) is 0 Å². The molecule has 0 amide bonds. The van der Waals surface area contributed by atoms with Crippen molar-refractivity contribution in [3.05, 3.63) is 53.2 Å². The summed E-state index contributed by atoms with van der Waals surface area (Å²) in [6, 6.07) is 12.7. The van der Waals surface area contributed by atoms with Crippen molar-refractivity contribution in [1.29, 1.82) is 0 Å². The largest absolute Gasteiger partial charge is 0.491 e. The van der Waals surface area contributed by atoms with E-state index in [1.54, 1.807) is 7.11 Å². The zero-order valence-electron chi connectivity index (χ0n) is 16.2. The van der Waals surface area contributed by atoms with Crippen LogP contribution in [0.3, 0.4) is 0 Å². The molecule has 1 aliphatic rings. The fourth-order valence-electron chi connectivity index (χ4n) is 3.36. The van der Waals surface area contributed by atoms with Crippen molar-refractivity contribution in [2.75, 3.05) is 26.7 Å². The van der Waals surface area contributed by atoms with Gasteiger partial charge in [-0.15, -0.1) is 0 Å². The van der Waals surface area contributed by atoms with E-state index in [1.165, 1.54) is 5.56 Å². The van der Waals surface area contributed by atoms with Gasteiger partial charge in [-0.3, -0.25) is 4.90 Å². The molecule has 1 aromatic carbocycles. The number of hydrogen-bond acceptors (Lipinski definition) is 5. The Balaban J connectivity index is 1.72. The third-order valence-corrected chi connectivity index (χ3v) is 4.60. The van der Waals surface area contributed by atoms with Gasteiger partial charge in [0.15, 0.2) is 0 Å². The number of nitrogens with zero attached hydrogens (tertiary/aromatic N) is 2. The van der Waals surface area contributed by atoms with Crippen LogP contribution in [0.1, 0.15) is 36.7 Å². The van der Waals surface area contributed by atoms with E-state index < -0.39 is 0 Å². The first-order valence-corrected chi connectivity index (χ1v) is 9.28. The van der Waals surface area contributed by atoms with Gasteiger partial charge in [0.1, 0.15) is 5.75 Å². The first-order valence-electron chi connectivity index (χ1n) is 9.28. The molecule has 140 valence electrons. The number of hydrogen-bond donors (Lipinski definition) is 1. The van der Waals surface area contributed by atoms with Gasteiger partial charge in [0.2, 0.25) is 5.88 Å². The Morgan fingerprint density at radius 3 is 2.81 bits per heavy atom. The number of aromatic nitrogens is 1. The number of ether oxygens (including phenoxy) is 2. The number of pyridine rings is 1. The standard InChI is InChI=1S/C21H29N3O2/c1-15(2)26-20-8-6-5-7-18(20)19-14-24(12-11-22-19)13-17-10-9-16(3)21(23-17)25-4/h5-10,15,19,22H,11-14H2,1-4H3/t19-/m1/s1. The molecule has 0 aliphatic carbocycles. The number of piperazine rings is 1. The van der Waals surface area contributed by atoms with Gasteiger partial charge in [0, 0.05) is 43.3 Å². The summed E-state index contributed by atoms with van der Waals surface area (Å²) in [5, 5.41) is 3.63. The molecular formula is C21H29N3O2. The lowest BCUT2D eigenvalue weighted by Gasteiger charge is -2.34. The highest BCUT2D eigenvalue weighted by Gasteiger charge is 2.24. The average molecular weight is 355 g/mol. The number of benzene rings is 1. The number of para-hydroxylation sites is 1. The molecule has 0 bridgehead atoms. The lowest BCUT2D eigenvalue weighted by atomic mass is 10.0. The van der Waals surface area contributed by atoms with Crippen LogP contribution in [-0.4, -0.2) is 42.7 Å². The molecule has 1 fully saturated rings. The van der Waals surface area contributed by atoms with Crippen LogP contribution in [0.2, 0.25) is 0 Å². The fraction of sp³-hybridized carbons (Fsp3) is 0.476. The van der Waals surface area contributed by atoms with E-state index in [0.29, 0.717) is 5.88 Å². The third-order valence-electron chi connectivity index (χ3n) is 4.60. The molecule has 3 rings (SSSR count). The Bertz CT molecular complexity index is 733. The Hall–Kier alpha value is -2.11. The second-order valence-electron chi connectivity index (χ2n) is 7.08. The predicted molar refractivity (Wildman–Crippen MR) is 104 cm³/mol. The molecule has 1 saturated heterocycles. The van der Waals surface area contributed by atoms with E-state index in [-0.39, 0.29) is 12.1 Å². The molecule has 1 aromatic heterocycles. The van der Waals surface area contributed by atoms with Gasteiger partial charge in [-0.1, -0.05) is 24.3 Å². The summed E-state index contributed by atoms with van der Waals surface area (Å²) in [5.41, 5.74) is 3.33. The smallest absolute Gasteiger partial charge is 0.216 e. The minimum Gasteiger partial charge on any atom is -0.491 e. The van der Waals surface area contributed by atoms with Crippen molar-refractivity contribution in [2.24, 2.45) is 0 Å². The average Bonchev–Trinajstić information content (AvgIpc) is 2.63. The monoisotopic (exact) mass is 355 g/mol. The van der Waals surface area contributed by atoms with Gasteiger partial charge in [0.05, 0.1) is 18.9 Å². The predicted octanol–water partition coefficient (Wildman–Crippen LogP) is 3.33. The van der Waals surface area contributed by atoms with E-state index in [1.807, 2.05) is 13.0 Å². The maximum absolute atomic E-state index is 6.01. The van der Waals surface area contributed by atoms with Gasteiger partial charge < -0.3 is 14.8 Å². The van der Waals surface area contributed by atoms with E-state index in [0.717, 1.165) is 43.2 Å². The molecule has 0 spiro atoms. The summed E-state index contributed by atoms with van der Waals surface area (Å²) in [5.74, 6) is 1.68. The quantitative estimate of drug-likeness (QED) is 0.861. The highest BCUT2D eigenvalue weighted by Crippen LogP contribution is 2.28. The van der Waals surface area contributed by atoms with Gasteiger partial charge in [0.25, 0.3) is 0 Å². The maximum atomic E-state index is 6.01. The summed E-state index contributed by atoms with van der Waals surface area (Å²) in [6.07, 6.45) is 0.167. The molecule has 1 atom stereocenters. The van der Waals surface area contributed by atoms with Crippen molar-refractivity contribution >= 4 is 0 Å². The molecule has 2 heterocycles. The zero-order chi connectivity index (χ0) is 18.5. The molecule has 0 radical (unpaired) electrons. The lowest BCUT2D eigenvalue weighted by molar-refractivity contribution is 0.184. The van der Waals surface area contributed by atoms with Crippen LogP contribution < -0.4 is 14.8 Å². The number of rotatable bonds is 6. The van der Waals surface area contributed by atoms with E-state index in [2.05, 4.69) is 59.4 Å². The van der Waals surface area contributed by atoms with Crippen LogP contribution in [0.5, 0.6) is 11.6 Å². The lowest BCUT2D eigenvalue weighted by Crippen LogP contribution is -2.45. The van der Waals surface area contributed by atoms with Crippen LogP contribution >= 0.6 is 0 Å². The topological polar surface area (TPSA) is 46.6 Å². The van der Waals surface area contributed by atoms with Crippen LogP contribution in [0.4, 0.5) is 0 Å². The molecule has 26 heavy (non-hydrogen) atoms. The number of nitrogens with one attached hydrogen (secondary N) is 1. The SMILES string of the molecule is COc1nc(CN2CCN[C@@H](c3ccccc3OC(C)C)C2)ccc1C. The Kier molecular flexibility index (Phi) is 6.12. The summed E-state index contributed by atoms with van der Waals surface area (Å²) < 4.78 is 11.4. The van der Waals surface area contributed by atoms with E-state index in [9.17, 15) is 0 Å². The zero-order valence-corrected chi connectivity index (χ0v) is 16.2. The van der Waals surface area contributed by atoms with Crippen molar-refractivity contribution < 1.29 is 9.47 Å². The summed E-state index contributed by atoms with van der Waals surface area (Å²) in [6.45, 7) is 9.84. The van der Waals surface area contributed by atoms with Crippen LogP contribution in [0.15, 0.2) is 36.4 Å². The Morgan fingerprint density at radius 2 is 2.04 bits per heavy atom. The summed E-state index contributed by atoms with van der Waals surface area (Å²) in [4.78, 5) is 7.07. The van der Waals surface area contributed by atoms with Crippen LogP contribution in [0, 0.1) is 6.92 Å². The number of aryl methyl sites for hydroxylation is 1. The van der Waals surface area contributed by atoms with Crippen LogP contribution in [-0.2, 0) is 6.54 Å². The normalized spacial score (nSPS) is 18.1. The van der Waals surface area contributed by atoms with Crippen molar-refractivity contribution in [2.45, 2.75) is 39.5 Å². The van der Waals surface area contributed by atoms with Crippen molar-refractivity contribution in [3.8, 4) is 11.6 Å². The molecule has 2 aromatic rings. The fourth-order valence-corrected chi connectivity index (χ4v) is 3.36. The van der Waals surface area contributed by atoms with Crippen LogP contribution in [0.25, 0.3) is 0 Å². The highest BCUT2D eigenvalue weighted by atomic mass is 16.5. The van der Waals surface area contributed by atoms with E-state index in [4.69, 9.17) is 9.47 Å². The maximum Gasteiger partial charge on any atom is 0.216 e. The van der Waals surface area contributed by atoms with Gasteiger partial charge in [-0.2, -0.15) is 0 Å². The minimum absolute atomic E-state index is 0.167. The van der Waals surface area contributed by atoms with Gasteiger partial charge in [-0.05, 0) is 32.9 Å². The van der Waals surface area contributed by atoms with E-state index >= 15 is 0 Å². The minimum atomic E-state index is 0.167. The molecule has 1 aliphatic heterocycles. The van der Waals surface area contributed by atoms with Gasteiger partial charge in [-0.25, -0.2) is 4.98 Å². The first kappa shape index (κ1) is 18.7. The Morgan fingerprint density at radius 1 is 1.23 bits per heavy atom.